The zero-order chi connectivity index (χ0) is 20.5. The van der Waals surface area contributed by atoms with Crippen molar-refractivity contribution in [3.05, 3.63) is 41.7 Å². The van der Waals surface area contributed by atoms with Gasteiger partial charge in [0.15, 0.2) is 5.16 Å². The highest BCUT2D eigenvalue weighted by Gasteiger charge is 2.16. The number of aromatic nitrogens is 3. The van der Waals surface area contributed by atoms with E-state index in [1.807, 2.05) is 45.3 Å². The zero-order valence-electron chi connectivity index (χ0n) is 16.3. The molecule has 1 aromatic heterocycles. The highest BCUT2D eigenvalue weighted by Crippen LogP contribution is 2.39. The fraction of sp³-hybridized carbons (Fsp3) is 0.474. The third-order valence-corrected chi connectivity index (χ3v) is 8.59. The van der Waals surface area contributed by atoms with Gasteiger partial charge < -0.3 is 4.57 Å². The van der Waals surface area contributed by atoms with Gasteiger partial charge in [0.2, 0.25) is 5.91 Å². The summed E-state index contributed by atoms with van der Waals surface area (Å²) >= 11 is 1.58. The third kappa shape index (κ3) is 7.27. The lowest BCUT2D eigenvalue weighted by Crippen LogP contribution is -2.41. The van der Waals surface area contributed by atoms with Gasteiger partial charge in [-0.25, -0.2) is 0 Å². The summed E-state index contributed by atoms with van der Waals surface area (Å²) in [5, 5.41) is 9.47. The standard InChI is InChI=1S/C19H25N5O2S3/c1-24-13-20-23-19(24)27-12-14-6-8-15(9-7-14)18(26)22-21-17(25)5-3-2-4-16-10-11-28-29-16/h6-9,13,16H,2-5,10-12H2,1H3,(H,21,25)(H,22,26). The first kappa shape index (κ1) is 22.0. The van der Waals surface area contributed by atoms with Crippen LogP contribution in [0, 0.1) is 0 Å². The monoisotopic (exact) mass is 451 g/mol. The Bertz CT molecular complexity index is 806. The second-order valence-corrected chi connectivity index (χ2v) is 10.5. The SMILES string of the molecule is Cn1cnnc1SCc1ccc(C(=O)NNC(=O)CCCCC2CCSS2)cc1. The van der Waals surface area contributed by atoms with Crippen LogP contribution in [0.5, 0.6) is 0 Å². The molecule has 3 rings (SSSR count). The third-order valence-electron chi connectivity index (χ3n) is 4.48. The van der Waals surface area contributed by atoms with E-state index in [-0.39, 0.29) is 11.8 Å². The van der Waals surface area contributed by atoms with Crippen molar-refractivity contribution in [2.24, 2.45) is 7.05 Å². The number of rotatable bonds is 9. The predicted octanol–water partition coefficient (Wildman–Crippen LogP) is 3.58. The van der Waals surface area contributed by atoms with Gasteiger partial charge in [0.05, 0.1) is 0 Å². The van der Waals surface area contributed by atoms with E-state index >= 15 is 0 Å². The number of unbranched alkanes of at least 4 members (excludes halogenated alkanes) is 1. The van der Waals surface area contributed by atoms with Crippen LogP contribution in [-0.2, 0) is 17.6 Å². The molecular weight excluding hydrogens is 426 g/mol. The van der Waals surface area contributed by atoms with E-state index in [0.717, 1.165) is 34.6 Å². The predicted molar refractivity (Wildman–Crippen MR) is 120 cm³/mol. The van der Waals surface area contributed by atoms with Crippen LogP contribution < -0.4 is 10.9 Å². The molecule has 2 amide bonds. The number of aryl methyl sites for hydroxylation is 1. The summed E-state index contributed by atoms with van der Waals surface area (Å²) in [6.45, 7) is 0. The molecule has 156 valence electrons. The molecule has 1 saturated heterocycles. The second-order valence-electron chi connectivity index (χ2n) is 6.79. The Morgan fingerprint density at radius 3 is 2.76 bits per heavy atom. The molecule has 10 heteroatoms. The van der Waals surface area contributed by atoms with Crippen LogP contribution in [0.3, 0.4) is 0 Å². The Morgan fingerprint density at radius 1 is 1.24 bits per heavy atom. The summed E-state index contributed by atoms with van der Waals surface area (Å²) in [6, 6.07) is 7.31. The molecule has 2 N–H and O–H groups in total. The van der Waals surface area contributed by atoms with Crippen molar-refractivity contribution in [2.45, 2.75) is 48.3 Å². The molecule has 1 aliphatic heterocycles. The largest absolute Gasteiger partial charge is 0.312 e. The van der Waals surface area contributed by atoms with Crippen molar-refractivity contribution in [2.75, 3.05) is 5.75 Å². The number of carbonyl (C=O) groups is 2. The molecular formula is C19H25N5O2S3. The van der Waals surface area contributed by atoms with Gasteiger partial charge in [-0.15, -0.1) is 10.2 Å². The van der Waals surface area contributed by atoms with Crippen molar-refractivity contribution in [1.29, 1.82) is 0 Å². The Labute approximate surface area is 182 Å². The Kier molecular flexibility index (Phi) is 8.75. The molecule has 0 bridgehead atoms. The normalized spacial score (nSPS) is 16.0. The molecule has 0 radical (unpaired) electrons. The van der Waals surface area contributed by atoms with Gasteiger partial charge in [-0.3, -0.25) is 20.4 Å². The first-order valence-corrected chi connectivity index (χ1v) is 12.9. The van der Waals surface area contributed by atoms with Gasteiger partial charge in [-0.2, -0.15) is 0 Å². The van der Waals surface area contributed by atoms with Gasteiger partial charge in [0.25, 0.3) is 5.91 Å². The number of hydrogen-bond acceptors (Lipinski definition) is 7. The number of hydrazine groups is 1. The fourth-order valence-electron chi connectivity index (χ4n) is 2.79. The van der Waals surface area contributed by atoms with Gasteiger partial charge >= 0.3 is 0 Å². The first-order chi connectivity index (χ1) is 14.1. The van der Waals surface area contributed by atoms with Crippen LogP contribution in [0.1, 0.15) is 48.0 Å². The van der Waals surface area contributed by atoms with Crippen molar-refractivity contribution >= 4 is 45.2 Å². The molecule has 0 spiro atoms. The van der Waals surface area contributed by atoms with Gasteiger partial charge in [-0.05, 0) is 37.0 Å². The molecule has 0 saturated carbocycles. The molecule has 7 nitrogen and oxygen atoms in total. The number of thioether (sulfide) groups is 1. The number of hydrogen-bond donors (Lipinski definition) is 2. The van der Waals surface area contributed by atoms with E-state index in [1.54, 1.807) is 30.2 Å². The van der Waals surface area contributed by atoms with Crippen molar-refractivity contribution < 1.29 is 9.59 Å². The average Bonchev–Trinajstić information content (AvgIpc) is 3.40. The fourth-order valence-corrected chi connectivity index (χ4v) is 6.66. The van der Waals surface area contributed by atoms with Crippen LogP contribution >= 0.6 is 33.3 Å². The summed E-state index contributed by atoms with van der Waals surface area (Å²) in [4.78, 5) is 24.1. The van der Waals surface area contributed by atoms with Crippen molar-refractivity contribution in [1.82, 2.24) is 25.6 Å². The number of benzene rings is 1. The highest BCUT2D eigenvalue weighted by atomic mass is 33.1. The highest BCUT2D eigenvalue weighted by molar-refractivity contribution is 8.77. The van der Waals surface area contributed by atoms with Crippen LogP contribution in [0.4, 0.5) is 0 Å². The molecule has 1 aromatic carbocycles. The maximum atomic E-state index is 12.2. The minimum atomic E-state index is -0.315. The maximum Gasteiger partial charge on any atom is 0.269 e. The summed E-state index contributed by atoms with van der Waals surface area (Å²) in [5.74, 6) is 1.51. The van der Waals surface area contributed by atoms with E-state index in [9.17, 15) is 9.59 Å². The molecule has 1 atom stereocenters. The quantitative estimate of drug-likeness (QED) is 0.261. The number of nitrogens with zero attached hydrogens (tertiary/aromatic N) is 3. The lowest BCUT2D eigenvalue weighted by molar-refractivity contribution is -0.122. The Hall–Kier alpha value is -1.65. The van der Waals surface area contributed by atoms with E-state index in [0.29, 0.717) is 12.0 Å². The summed E-state index contributed by atoms with van der Waals surface area (Å²) < 4.78 is 1.86. The second kappa shape index (κ2) is 11.5. The molecule has 2 aromatic rings. The smallest absolute Gasteiger partial charge is 0.269 e. The summed E-state index contributed by atoms with van der Waals surface area (Å²) in [7, 11) is 5.81. The number of amides is 2. The molecule has 1 unspecified atom stereocenters. The minimum Gasteiger partial charge on any atom is -0.312 e. The van der Waals surface area contributed by atoms with Gasteiger partial charge in [0, 0.05) is 35.8 Å². The van der Waals surface area contributed by atoms with Crippen molar-refractivity contribution in [3.63, 3.8) is 0 Å². The minimum absolute atomic E-state index is 0.150. The Balaban J connectivity index is 1.33. The zero-order valence-corrected chi connectivity index (χ0v) is 18.7. The molecule has 1 aliphatic rings. The number of carbonyl (C=O) groups excluding carboxylic acids is 2. The Morgan fingerprint density at radius 2 is 2.07 bits per heavy atom. The molecule has 2 heterocycles. The first-order valence-electron chi connectivity index (χ1n) is 9.55. The maximum absolute atomic E-state index is 12.2. The van der Waals surface area contributed by atoms with Gasteiger partial charge in [-0.1, -0.05) is 51.9 Å². The summed E-state index contributed by atoms with van der Waals surface area (Å²) in [6.07, 6.45) is 6.43. The average molecular weight is 452 g/mol. The van der Waals surface area contributed by atoms with E-state index < -0.39 is 0 Å². The lowest BCUT2D eigenvalue weighted by Gasteiger charge is -2.09. The van der Waals surface area contributed by atoms with Crippen molar-refractivity contribution in [3.8, 4) is 0 Å². The van der Waals surface area contributed by atoms with E-state index in [2.05, 4.69) is 21.0 Å². The van der Waals surface area contributed by atoms with E-state index in [4.69, 9.17) is 0 Å². The molecule has 29 heavy (non-hydrogen) atoms. The molecule has 0 aliphatic carbocycles. The van der Waals surface area contributed by atoms with Gasteiger partial charge in [0.1, 0.15) is 6.33 Å². The molecule has 1 fully saturated rings. The van der Waals surface area contributed by atoms with Crippen LogP contribution in [0.2, 0.25) is 0 Å². The van der Waals surface area contributed by atoms with E-state index in [1.165, 1.54) is 18.6 Å². The lowest BCUT2D eigenvalue weighted by atomic mass is 10.1. The number of nitrogens with one attached hydrogen (secondary N) is 2. The van der Waals surface area contributed by atoms with Crippen LogP contribution in [0.15, 0.2) is 35.7 Å². The summed E-state index contributed by atoms with van der Waals surface area (Å²) in [5.41, 5.74) is 6.58. The van der Waals surface area contributed by atoms with Crippen LogP contribution in [0.25, 0.3) is 0 Å². The topological polar surface area (TPSA) is 88.9 Å². The van der Waals surface area contributed by atoms with Crippen LogP contribution in [-0.4, -0.2) is 37.6 Å².